The molecular formula is C10H16N4O3S. The van der Waals surface area contributed by atoms with Crippen LogP contribution in [0.3, 0.4) is 0 Å². The van der Waals surface area contributed by atoms with Crippen LogP contribution in [0.2, 0.25) is 0 Å². The SMILES string of the molecule is CC(C)(C)NC(=O)CCNc1ncc([N+](=O)[O-])s1. The zero-order chi connectivity index (χ0) is 13.8. The van der Waals surface area contributed by atoms with Crippen LogP contribution in [0.5, 0.6) is 0 Å². The van der Waals surface area contributed by atoms with E-state index in [2.05, 4.69) is 15.6 Å². The van der Waals surface area contributed by atoms with Crippen molar-refractivity contribution in [2.24, 2.45) is 0 Å². The number of anilines is 1. The van der Waals surface area contributed by atoms with E-state index in [0.717, 1.165) is 11.3 Å². The smallest absolute Gasteiger partial charge is 0.345 e. The van der Waals surface area contributed by atoms with Crippen LogP contribution in [0, 0.1) is 10.1 Å². The lowest BCUT2D eigenvalue weighted by molar-refractivity contribution is -0.380. The first-order valence-corrected chi connectivity index (χ1v) is 6.25. The first kappa shape index (κ1) is 14.4. The van der Waals surface area contributed by atoms with Gasteiger partial charge in [0.25, 0.3) is 0 Å². The van der Waals surface area contributed by atoms with E-state index in [4.69, 9.17) is 0 Å². The average molecular weight is 272 g/mol. The van der Waals surface area contributed by atoms with Crippen molar-refractivity contribution in [1.29, 1.82) is 0 Å². The monoisotopic (exact) mass is 272 g/mol. The normalized spacial score (nSPS) is 11.1. The highest BCUT2D eigenvalue weighted by Gasteiger charge is 2.14. The molecule has 7 nitrogen and oxygen atoms in total. The maximum absolute atomic E-state index is 11.5. The molecule has 0 aliphatic rings. The van der Waals surface area contributed by atoms with Crippen molar-refractivity contribution >= 4 is 27.4 Å². The summed E-state index contributed by atoms with van der Waals surface area (Å²) in [6.07, 6.45) is 1.49. The van der Waals surface area contributed by atoms with E-state index in [-0.39, 0.29) is 16.4 Å². The van der Waals surface area contributed by atoms with Crippen LogP contribution < -0.4 is 10.6 Å². The predicted octanol–water partition coefficient (Wildman–Crippen LogP) is 1.77. The van der Waals surface area contributed by atoms with Gasteiger partial charge in [-0.2, -0.15) is 0 Å². The van der Waals surface area contributed by atoms with Gasteiger partial charge in [-0.1, -0.05) is 0 Å². The van der Waals surface area contributed by atoms with Gasteiger partial charge in [0.05, 0.1) is 4.92 Å². The Bertz CT molecular complexity index is 439. The van der Waals surface area contributed by atoms with E-state index >= 15 is 0 Å². The molecule has 0 saturated heterocycles. The summed E-state index contributed by atoms with van der Waals surface area (Å²) in [4.78, 5) is 25.3. The Labute approximate surface area is 109 Å². The highest BCUT2D eigenvalue weighted by molar-refractivity contribution is 7.18. The van der Waals surface area contributed by atoms with E-state index in [9.17, 15) is 14.9 Å². The number of hydrogen-bond acceptors (Lipinski definition) is 6. The fourth-order valence-electron chi connectivity index (χ4n) is 1.20. The van der Waals surface area contributed by atoms with Gasteiger partial charge in [0.15, 0.2) is 5.13 Å². The molecule has 0 bridgehead atoms. The zero-order valence-electron chi connectivity index (χ0n) is 10.5. The van der Waals surface area contributed by atoms with Gasteiger partial charge >= 0.3 is 5.00 Å². The van der Waals surface area contributed by atoms with Gasteiger partial charge in [0.1, 0.15) is 6.20 Å². The van der Waals surface area contributed by atoms with E-state index in [1.807, 2.05) is 20.8 Å². The summed E-state index contributed by atoms with van der Waals surface area (Å²) in [6.45, 7) is 6.11. The summed E-state index contributed by atoms with van der Waals surface area (Å²) in [5, 5.41) is 16.6. The molecule has 1 rings (SSSR count). The van der Waals surface area contributed by atoms with Crippen molar-refractivity contribution in [3.8, 4) is 0 Å². The fraction of sp³-hybridized carbons (Fsp3) is 0.600. The maximum atomic E-state index is 11.5. The second-order valence-electron chi connectivity index (χ2n) is 4.74. The topological polar surface area (TPSA) is 97.2 Å². The van der Waals surface area contributed by atoms with Crippen LogP contribution in [-0.2, 0) is 4.79 Å². The lowest BCUT2D eigenvalue weighted by atomic mass is 10.1. The Morgan fingerprint density at radius 2 is 2.22 bits per heavy atom. The van der Waals surface area contributed by atoms with Crippen molar-refractivity contribution in [2.75, 3.05) is 11.9 Å². The number of aromatic nitrogens is 1. The van der Waals surface area contributed by atoms with E-state index in [1.165, 1.54) is 6.20 Å². The molecule has 18 heavy (non-hydrogen) atoms. The summed E-state index contributed by atoms with van der Waals surface area (Å²) < 4.78 is 0. The van der Waals surface area contributed by atoms with Crippen LogP contribution >= 0.6 is 11.3 Å². The number of nitro groups is 1. The molecule has 8 heteroatoms. The number of carbonyl (C=O) groups is 1. The number of hydrogen-bond donors (Lipinski definition) is 2. The molecule has 100 valence electrons. The summed E-state index contributed by atoms with van der Waals surface area (Å²) >= 11 is 0.953. The fourth-order valence-corrected chi connectivity index (χ4v) is 1.85. The van der Waals surface area contributed by atoms with Crippen molar-refractivity contribution in [3.05, 3.63) is 16.3 Å². The molecule has 1 amide bonds. The predicted molar refractivity (Wildman–Crippen MR) is 69.8 cm³/mol. The molecule has 0 aliphatic heterocycles. The lowest BCUT2D eigenvalue weighted by Crippen LogP contribution is -2.41. The van der Waals surface area contributed by atoms with Crippen LogP contribution in [0.1, 0.15) is 27.2 Å². The molecule has 0 fully saturated rings. The van der Waals surface area contributed by atoms with E-state index in [0.29, 0.717) is 18.1 Å². The molecular weight excluding hydrogens is 256 g/mol. The Balaban J connectivity index is 2.33. The third-order valence-corrected chi connectivity index (χ3v) is 2.72. The van der Waals surface area contributed by atoms with E-state index < -0.39 is 4.92 Å². The third kappa shape index (κ3) is 5.09. The number of nitrogens with zero attached hydrogens (tertiary/aromatic N) is 2. The van der Waals surface area contributed by atoms with Crippen molar-refractivity contribution in [2.45, 2.75) is 32.7 Å². The van der Waals surface area contributed by atoms with Gasteiger partial charge in [-0.15, -0.1) is 0 Å². The zero-order valence-corrected chi connectivity index (χ0v) is 11.3. The molecule has 1 aromatic rings. The van der Waals surface area contributed by atoms with Gasteiger partial charge in [0.2, 0.25) is 5.91 Å². The maximum Gasteiger partial charge on any atom is 0.345 e. The van der Waals surface area contributed by atoms with Gasteiger partial charge in [-0.3, -0.25) is 14.9 Å². The van der Waals surface area contributed by atoms with Crippen molar-refractivity contribution in [1.82, 2.24) is 10.3 Å². The summed E-state index contributed by atoms with van der Waals surface area (Å²) in [5.74, 6) is -0.0685. The minimum absolute atomic E-state index is 0.0170. The quantitative estimate of drug-likeness (QED) is 0.629. The van der Waals surface area contributed by atoms with Gasteiger partial charge in [-0.25, -0.2) is 4.98 Å². The Kier molecular flexibility index (Phi) is 4.60. The highest BCUT2D eigenvalue weighted by Crippen LogP contribution is 2.24. The van der Waals surface area contributed by atoms with Crippen molar-refractivity contribution < 1.29 is 9.72 Å². The van der Waals surface area contributed by atoms with Crippen LogP contribution in [0.4, 0.5) is 10.1 Å². The number of amides is 1. The second-order valence-corrected chi connectivity index (χ2v) is 5.74. The lowest BCUT2D eigenvalue weighted by Gasteiger charge is -2.20. The van der Waals surface area contributed by atoms with Gasteiger partial charge < -0.3 is 10.6 Å². The number of thiazole rings is 1. The standard InChI is InChI=1S/C10H16N4O3S/c1-10(2,3)13-7(15)4-5-11-9-12-6-8(18-9)14(16)17/h6H,4-5H2,1-3H3,(H,11,12)(H,13,15). The van der Waals surface area contributed by atoms with Gasteiger partial charge in [-0.05, 0) is 32.1 Å². The molecule has 1 aromatic heterocycles. The summed E-state index contributed by atoms with van der Waals surface area (Å²) in [7, 11) is 0. The van der Waals surface area contributed by atoms with Crippen LogP contribution in [0.25, 0.3) is 0 Å². The minimum atomic E-state index is -0.491. The first-order valence-electron chi connectivity index (χ1n) is 5.43. The number of rotatable bonds is 5. The molecule has 0 radical (unpaired) electrons. The molecule has 0 spiro atoms. The van der Waals surface area contributed by atoms with Gasteiger partial charge in [0, 0.05) is 18.5 Å². The Morgan fingerprint density at radius 3 is 2.72 bits per heavy atom. The molecule has 0 unspecified atom stereocenters. The molecule has 0 saturated carbocycles. The summed E-state index contributed by atoms with van der Waals surface area (Å²) in [6, 6.07) is 0. The van der Waals surface area contributed by atoms with Crippen molar-refractivity contribution in [3.63, 3.8) is 0 Å². The minimum Gasteiger partial charge on any atom is -0.361 e. The molecule has 0 atom stereocenters. The molecule has 2 N–H and O–H groups in total. The largest absolute Gasteiger partial charge is 0.361 e. The average Bonchev–Trinajstić information content (AvgIpc) is 2.63. The number of nitrogens with one attached hydrogen (secondary N) is 2. The van der Waals surface area contributed by atoms with Crippen LogP contribution in [0.15, 0.2) is 6.20 Å². The number of carbonyl (C=O) groups excluding carboxylic acids is 1. The summed E-state index contributed by atoms with van der Waals surface area (Å²) in [5.41, 5.74) is -0.253. The highest BCUT2D eigenvalue weighted by atomic mass is 32.1. The molecule has 0 aromatic carbocycles. The van der Waals surface area contributed by atoms with Crippen LogP contribution in [-0.4, -0.2) is 27.9 Å². The third-order valence-electron chi connectivity index (χ3n) is 1.82. The van der Waals surface area contributed by atoms with E-state index in [1.54, 1.807) is 0 Å². The molecule has 0 aliphatic carbocycles. The second kappa shape index (κ2) is 5.76. The molecule has 1 heterocycles. The Morgan fingerprint density at radius 1 is 1.56 bits per heavy atom. The first-order chi connectivity index (χ1) is 8.28. The Hall–Kier alpha value is -1.70.